The monoisotopic (exact) mass is 200 g/mol. The minimum absolute atomic E-state index is 0.117. The normalized spacial score (nSPS) is 34.8. The van der Waals surface area contributed by atoms with Gasteiger partial charge in [-0.1, -0.05) is 0 Å². The van der Waals surface area contributed by atoms with Crippen molar-refractivity contribution in [1.29, 1.82) is 0 Å². The van der Waals surface area contributed by atoms with E-state index in [1.165, 1.54) is 0 Å². The first-order valence-corrected chi connectivity index (χ1v) is 5.04. The van der Waals surface area contributed by atoms with Gasteiger partial charge in [-0.25, -0.2) is 0 Å². The maximum Gasteiger partial charge on any atom is 0.308 e. The molecule has 1 aliphatic rings. The smallest absolute Gasteiger partial charge is 0.308 e. The van der Waals surface area contributed by atoms with E-state index < -0.39 is 5.97 Å². The topological polar surface area (TPSA) is 43.8 Å². The fourth-order valence-corrected chi connectivity index (χ4v) is 2.37. The lowest BCUT2D eigenvalue weighted by molar-refractivity contribution is -0.147. The molecule has 1 aliphatic heterocycles. The van der Waals surface area contributed by atoms with E-state index in [-0.39, 0.29) is 12.0 Å². The molecule has 1 N–H and O–H groups in total. The Morgan fingerprint density at radius 2 is 2.07 bits per heavy atom. The summed E-state index contributed by atoms with van der Waals surface area (Å²) in [6.45, 7) is 2.97. The van der Waals surface area contributed by atoms with Crippen LogP contribution in [0.15, 0.2) is 0 Å². The highest BCUT2D eigenvalue weighted by atomic mass is 16.4. The molecule has 0 amide bonds. The minimum atomic E-state index is -0.663. The van der Waals surface area contributed by atoms with Crippen LogP contribution in [0.4, 0.5) is 0 Å². The SMILES string of the molecule is CC1C(N(C)C)C(C(=O)O)CCN1C. The molecule has 0 aromatic heterocycles. The Bertz CT molecular complexity index is 218. The Labute approximate surface area is 85.5 Å². The summed E-state index contributed by atoms with van der Waals surface area (Å²) in [5.74, 6) is -0.889. The molecule has 0 radical (unpaired) electrons. The van der Waals surface area contributed by atoms with E-state index in [2.05, 4.69) is 18.9 Å². The van der Waals surface area contributed by atoms with Crippen LogP contribution >= 0.6 is 0 Å². The van der Waals surface area contributed by atoms with E-state index in [1.807, 2.05) is 19.0 Å². The van der Waals surface area contributed by atoms with Crippen molar-refractivity contribution in [2.75, 3.05) is 27.7 Å². The molecule has 4 heteroatoms. The van der Waals surface area contributed by atoms with Gasteiger partial charge in [-0.2, -0.15) is 0 Å². The predicted octanol–water partition coefficient (Wildman–Crippen LogP) is 0.341. The van der Waals surface area contributed by atoms with Crippen molar-refractivity contribution in [3.05, 3.63) is 0 Å². The zero-order chi connectivity index (χ0) is 10.9. The second kappa shape index (κ2) is 4.28. The molecule has 3 unspecified atom stereocenters. The maximum atomic E-state index is 11.1. The Kier molecular flexibility index (Phi) is 3.50. The Hall–Kier alpha value is -0.610. The van der Waals surface area contributed by atoms with Crippen molar-refractivity contribution >= 4 is 5.97 Å². The van der Waals surface area contributed by atoms with Crippen molar-refractivity contribution in [1.82, 2.24) is 9.80 Å². The van der Waals surface area contributed by atoms with Crippen LogP contribution in [-0.4, -0.2) is 60.6 Å². The number of likely N-dealkylation sites (N-methyl/N-ethyl adjacent to an activating group) is 2. The van der Waals surface area contributed by atoms with Crippen molar-refractivity contribution in [3.63, 3.8) is 0 Å². The standard InChI is InChI=1S/C10H20N2O2/c1-7-9(11(2)3)8(10(13)14)5-6-12(7)4/h7-9H,5-6H2,1-4H3,(H,13,14). The van der Waals surface area contributed by atoms with Gasteiger partial charge in [0.2, 0.25) is 0 Å². The molecule has 14 heavy (non-hydrogen) atoms. The summed E-state index contributed by atoms with van der Waals surface area (Å²) in [6, 6.07) is 0.422. The Balaban J connectivity index is 2.82. The lowest BCUT2D eigenvalue weighted by Gasteiger charge is -2.43. The molecule has 0 bridgehead atoms. The van der Waals surface area contributed by atoms with Gasteiger partial charge in [0.15, 0.2) is 0 Å². The minimum Gasteiger partial charge on any atom is -0.481 e. The van der Waals surface area contributed by atoms with E-state index >= 15 is 0 Å². The molecule has 1 rings (SSSR count). The van der Waals surface area contributed by atoms with Gasteiger partial charge >= 0.3 is 5.97 Å². The molecule has 3 atom stereocenters. The van der Waals surface area contributed by atoms with Crippen molar-refractivity contribution < 1.29 is 9.90 Å². The molecule has 4 nitrogen and oxygen atoms in total. The fourth-order valence-electron chi connectivity index (χ4n) is 2.37. The molecule has 1 heterocycles. The average molecular weight is 200 g/mol. The van der Waals surface area contributed by atoms with E-state index in [4.69, 9.17) is 5.11 Å². The lowest BCUT2D eigenvalue weighted by Crippen LogP contribution is -2.56. The van der Waals surface area contributed by atoms with Gasteiger partial charge in [0.1, 0.15) is 0 Å². The Morgan fingerprint density at radius 1 is 1.50 bits per heavy atom. The van der Waals surface area contributed by atoms with Crippen LogP contribution in [0, 0.1) is 5.92 Å². The quantitative estimate of drug-likeness (QED) is 0.698. The summed E-state index contributed by atoms with van der Waals surface area (Å²) in [6.07, 6.45) is 0.749. The van der Waals surface area contributed by atoms with Crippen molar-refractivity contribution in [2.45, 2.75) is 25.4 Å². The first-order valence-electron chi connectivity index (χ1n) is 5.04. The van der Waals surface area contributed by atoms with Crippen LogP contribution < -0.4 is 0 Å². The molecule has 1 saturated heterocycles. The molecule has 0 aromatic rings. The maximum absolute atomic E-state index is 11.1. The molecule has 1 fully saturated rings. The van der Waals surface area contributed by atoms with E-state index in [0.29, 0.717) is 6.04 Å². The zero-order valence-electron chi connectivity index (χ0n) is 9.40. The highest BCUT2D eigenvalue weighted by molar-refractivity contribution is 5.71. The molecular formula is C10H20N2O2. The van der Waals surface area contributed by atoms with Crippen LogP contribution in [0.5, 0.6) is 0 Å². The molecule has 0 spiro atoms. The van der Waals surface area contributed by atoms with Gasteiger partial charge in [0.25, 0.3) is 0 Å². The van der Waals surface area contributed by atoms with Crippen molar-refractivity contribution in [3.8, 4) is 0 Å². The lowest BCUT2D eigenvalue weighted by atomic mass is 9.86. The summed E-state index contributed by atoms with van der Waals surface area (Å²) < 4.78 is 0. The van der Waals surface area contributed by atoms with E-state index in [1.54, 1.807) is 0 Å². The summed E-state index contributed by atoms with van der Waals surface area (Å²) in [7, 11) is 5.96. The number of carboxylic acids is 1. The number of aliphatic carboxylic acids is 1. The number of carboxylic acid groups (broad SMARTS) is 1. The molecule has 0 aromatic carbocycles. The van der Waals surface area contributed by atoms with Crippen molar-refractivity contribution in [2.24, 2.45) is 5.92 Å². The number of hydrogen-bond donors (Lipinski definition) is 1. The summed E-state index contributed by atoms with van der Waals surface area (Å²) in [5.41, 5.74) is 0. The number of nitrogens with zero attached hydrogens (tertiary/aromatic N) is 2. The third-order valence-corrected chi connectivity index (χ3v) is 3.31. The third kappa shape index (κ3) is 2.07. The number of piperidine rings is 1. The summed E-state index contributed by atoms with van der Waals surface area (Å²) in [4.78, 5) is 15.3. The van der Waals surface area contributed by atoms with Gasteiger partial charge in [0, 0.05) is 12.1 Å². The van der Waals surface area contributed by atoms with Gasteiger partial charge in [0.05, 0.1) is 5.92 Å². The summed E-state index contributed by atoms with van der Waals surface area (Å²) >= 11 is 0. The first kappa shape index (κ1) is 11.5. The first-order chi connectivity index (χ1) is 6.45. The molecular weight excluding hydrogens is 180 g/mol. The number of likely N-dealkylation sites (tertiary alicyclic amines) is 1. The molecule has 0 saturated carbocycles. The van der Waals surface area contributed by atoms with Crippen LogP contribution in [0.25, 0.3) is 0 Å². The number of carbonyl (C=O) groups is 1. The Morgan fingerprint density at radius 3 is 2.50 bits per heavy atom. The van der Waals surface area contributed by atoms with E-state index in [9.17, 15) is 4.79 Å². The van der Waals surface area contributed by atoms with Crippen LogP contribution in [0.1, 0.15) is 13.3 Å². The van der Waals surface area contributed by atoms with Gasteiger partial charge in [-0.05, 0) is 41.0 Å². The highest BCUT2D eigenvalue weighted by Gasteiger charge is 2.38. The average Bonchev–Trinajstić information content (AvgIpc) is 2.08. The largest absolute Gasteiger partial charge is 0.481 e. The van der Waals surface area contributed by atoms with Gasteiger partial charge < -0.3 is 14.9 Å². The second-order valence-electron chi connectivity index (χ2n) is 4.41. The van der Waals surface area contributed by atoms with E-state index in [0.717, 1.165) is 13.0 Å². The highest BCUT2D eigenvalue weighted by Crippen LogP contribution is 2.25. The van der Waals surface area contributed by atoms with Gasteiger partial charge in [-0.3, -0.25) is 4.79 Å². The third-order valence-electron chi connectivity index (χ3n) is 3.31. The second-order valence-corrected chi connectivity index (χ2v) is 4.41. The fraction of sp³-hybridized carbons (Fsp3) is 0.900. The number of hydrogen-bond acceptors (Lipinski definition) is 3. The van der Waals surface area contributed by atoms with Crippen LogP contribution in [0.3, 0.4) is 0 Å². The summed E-state index contributed by atoms with van der Waals surface area (Å²) in [5, 5.41) is 9.12. The predicted molar refractivity (Wildman–Crippen MR) is 55.3 cm³/mol. The molecule has 82 valence electrons. The molecule has 0 aliphatic carbocycles. The zero-order valence-corrected chi connectivity index (χ0v) is 9.40. The van der Waals surface area contributed by atoms with Crippen LogP contribution in [-0.2, 0) is 4.79 Å². The number of rotatable bonds is 2. The van der Waals surface area contributed by atoms with Gasteiger partial charge in [-0.15, -0.1) is 0 Å². The van der Waals surface area contributed by atoms with Crippen LogP contribution in [0.2, 0.25) is 0 Å².